The summed E-state index contributed by atoms with van der Waals surface area (Å²) in [6.07, 6.45) is 61.3. The molecule has 0 saturated carbocycles. The van der Waals surface area contributed by atoms with Gasteiger partial charge in [0.2, 0.25) is 0 Å². The Kier molecular flexibility index (Phi) is 57.6. The van der Waals surface area contributed by atoms with Crippen molar-refractivity contribution >= 4 is 5.97 Å². The number of esters is 1. The maximum atomic E-state index is 13.3. The third kappa shape index (κ3) is 50.6. The normalized spacial score (nSPS) is 13.1. The van der Waals surface area contributed by atoms with Crippen molar-refractivity contribution in [3.8, 4) is 0 Å². The van der Waals surface area contributed by atoms with Crippen LogP contribution in [0.15, 0.2) is 0 Å². The molecule has 0 aliphatic carbocycles. The summed E-state index contributed by atoms with van der Waals surface area (Å²) in [6.45, 7) is 13.8. The minimum Gasteiger partial charge on any atom is -0.465 e. The Morgan fingerprint density at radius 1 is 0.362 bits per heavy atom. The molecule has 6 nitrogen and oxygen atoms in total. The smallest absolute Gasteiger partial charge is 0.308 e. The van der Waals surface area contributed by atoms with E-state index < -0.39 is 6.29 Å². The van der Waals surface area contributed by atoms with Crippen LogP contribution >= 0.6 is 0 Å². The Bertz CT molecular complexity index is 964. The fourth-order valence-corrected chi connectivity index (χ4v) is 10.5. The van der Waals surface area contributed by atoms with Crippen LogP contribution in [0.25, 0.3) is 0 Å². The summed E-state index contributed by atoms with van der Waals surface area (Å²) in [5.74, 6) is 0.439. The third-order valence-electron chi connectivity index (χ3n) is 15.3. The molecule has 0 saturated heterocycles. The molecule has 0 aromatic carbocycles. The summed E-state index contributed by atoms with van der Waals surface area (Å²) >= 11 is 0. The van der Waals surface area contributed by atoms with E-state index in [9.17, 15) is 15.0 Å². The van der Waals surface area contributed by atoms with Gasteiger partial charge in [0.25, 0.3) is 0 Å². The van der Waals surface area contributed by atoms with Crippen molar-refractivity contribution in [3.05, 3.63) is 0 Å². The maximum absolute atomic E-state index is 13.3. The topological polar surface area (TPSA) is 79.2 Å². The maximum Gasteiger partial charge on any atom is 0.308 e. The van der Waals surface area contributed by atoms with E-state index >= 15 is 0 Å². The molecule has 0 aromatic heterocycles. The average Bonchev–Trinajstić information content (AvgIpc) is 3.35. The van der Waals surface area contributed by atoms with Crippen molar-refractivity contribution in [2.24, 2.45) is 11.8 Å². The van der Waals surface area contributed by atoms with Crippen LogP contribution in [0.3, 0.4) is 0 Å². The predicted octanol–water partition coefficient (Wildman–Crippen LogP) is 19.6. The molecule has 0 bridgehead atoms. The molecule has 0 amide bonds. The minimum atomic E-state index is -0.616. The van der Waals surface area contributed by atoms with Gasteiger partial charge in [-0.2, -0.15) is 0 Å². The number of carbonyl (C=O) groups is 1. The number of hydrogen-bond donors (Lipinski definition) is 2. The van der Waals surface area contributed by atoms with Gasteiger partial charge in [-0.05, 0) is 70.9 Å². The van der Waals surface area contributed by atoms with Gasteiger partial charge in [-0.25, -0.2) is 0 Å². The molecule has 3 unspecified atom stereocenters. The van der Waals surface area contributed by atoms with Crippen LogP contribution < -0.4 is 0 Å². The Hall–Kier alpha value is -0.690. The van der Waals surface area contributed by atoms with Gasteiger partial charge < -0.3 is 24.6 Å². The number of unbranched alkanes of at least 4 members (excludes halogenated alkanes) is 38. The Morgan fingerprint density at radius 3 is 1.01 bits per heavy atom. The van der Waals surface area contributed by atoms with Gasteiger partial charge in [0.05, 0.1) is 12.5 Å². The van der Waals surface area contributed by atoms with Crippen molar-refractivity contribution in [3.63, 3.8) is 0 Å². The SMILES string of the molecule is CCCCCCCCCCCCC(CCCCCCCCCC)C(=O)OCCCCCCN(CCCO)CCCCCCOC(O)C(CCCCCCCCCC)CCCCCCCCCCCC. The lowest BCUT2D eigenvalue weighted by molar-refractivity contribution is -0.149. The summed E-state index contributed by atoms with van der Waals surface area (Å²) in [4.78, 5) is 15.8. The third-order valence-corrected chi connectivity index (χ3v) is 15.3. The lowest BCUT2D eigenvalue weighted by Crippen LogP contribution is -2.28. The number of carbonyl (C=O) groups excluding carboxylic acids is 1. The molecule has 0 rings (SSSR count). The van der Waals surface area contributed by atoms with Crippen LogP contribution in [0.1, 0.15) is 342 Å². The van der Waals surface area contributed by atoms with E-state index in [0.29, 0.717) is 13.2 Å². The summed E-state index contributed by atoms with van der Waals surface area (Å²) in [5.41, 5.74) is 0. The molecular formula is C63H127NO5. The van der Waals surface area contributed by atoms with Gasteiger partial charge in [-0.1, -0.05) is 285 Å². The van der Waals surface area contributed by atoms with E-state index in [2.05, 4.69) is 32.6 Å². The van der Waals surface area contributed by atoms with Crippen molar-refractivity contribution in [1.29, 1.82) is 0 Å². The Labute approximate surface area is 433 Å². The van der Waals surface area contributed by atoms with Gasteiger partial charge in [0.1, 0.15) is 0 Å². The lowest BCUT2D eigenvalue weighted by Gasteiger charge is -2.24. The molecule has 0 aliphatic heterocycles. The van der Waals surface area contributed by atoms with Crippen LogP contribution in [0, 0.1) is 11.8 Å². The number of aliphatic hydroxyl groups excluding tert-OH is 2. The Morgan fingerprint density at radius 2 is 0.652 bits per heavy atom. The fraction of sp³-hybridized carbons (Fsp3) is 0.984. The van der Waals surface area contributed by atoms with Crippen LogP contribution in [0.5, 0.6) is 0 Å². The molecule has 69 heavy (non-hydrogen) atoms. The van der Waals surface area contributed by atoms with E-state index in [4.69, 9.17) is 9.47 Å². The van der Waals surface area contributed by atoms with Gasteiger partial charge in [-0.15, -0.1) is 0 Å². The summed E-state index contributed by atoms with van der Waals surface area (Å²) in [5, 5.41) is 20.8. The molecule has 0 heterocycles. The number of aliphatic hydroxyl groups is 2. The summed E-state index contributed by atoms with van der Waals surface area (Å²) in [6, 6.07) is 0. The van der Waals surface area contributed by atoms with E-state index in [0.717, 1.165) is 103 Å². The quantitative estimate of drug-likeness (QED) is 0.0359. The standard InChI is InChI=1S/C63H127NO5/c1-5-9-13-17-21-25-27-31-35-43-52-60(50-41-33-29-23-19-15-11-7-3)62(66)68-58-47-39-37-45-54-64(56-49-57-65)55-46-38-40-48-59-69-63(67)61(51-42-34-30-24-20-16-12-8-4)53-44-36-32-28-26-22-18-14-10-6-2/h60-62,65-66H,5-59H2,1-4H3. The van der Waals surface area contributed by atoms with Crippen molar-refractivity contribution in [2.45, 2.75) is 349 Å². The molecular weight excluding hydrogens is 851 g/mol. The lowest BCUT2D eigenvalue weighted by atomic mass is 9.93. The zero-order valence-electron chi connectivity index (χ0n) is 47.7. The first-order valence-electron chi connectivity index (χ1n) is 31.8. The Balaban J connectivity index is 4.51. The fourth-order valence-electron chi connectivity index (χ4n) is 10.5. The average molecular weight is 979 g/mol. The molecule has 0 fully saturated rings. The van der Waals surface area contributed by atoms with Crippen molar-refractivity contribution in [1.82, 2.24) is 4.90 Å². The second-order valence-corrected chi connectivity index (χ2v) is 22.1. The van der Waals surface area contributed by atoms with E-state index in [1.54, 1.807) is 0 Å². The van der Waals surface area contributed by atoms with Crippen molar-refractivity contribution in [2.75, 3.05) is 39.5 Å². The van der Waals surface area contributed by atoms with Gasteiger partial charge in [0, 0.05) is 25.7 Å². The highest BCUT2D eigenvalue weighted by Crippen LogP contribution is 2.25. The molecule has 0 aliphatic rings. The predicted molar refractivity (Wildman–Crippen MR) is 302 cm³/mol. The van der Waals surface area contributed by atoms with Crippen LogP contribution in [0.2, 0.25) is 0 Å². The second-order valence-electron chi connectivity index (χ2n) is 22.1. The highest BCUT2D eigenvalue weighted by atomic mass is 16.6. The minimum absolute atomic E-state index is 0.0738. The second kappa shape index (κ2) is 58.2. The monoisotopic (exact) mass is 978 g/mol. The molecule has 0 radical (unpaired) electrons. The van der Waals surface area contributed by atoms with Crippen LogP contribution in [-0.4, -0.2) is 66.8 Å². The number of ether oxygens (including phenoxy) is 2. The van der Waals surface area contributed by atoms with E-state index in [-0.39, 0.29) is 24.4 Å². The zero-order chi connectivity index (χ0) is 50.2. The number of nitrogens with zero attached hydrogens (tertiary/aromatic N) is 1. The highest BCUT2D eigenvalue weighted by Gasteiger charge is 2.21. The summed E-state index contributed by atoms with van der Waals surface area (Å²) < 4.78 is 12.1. The summed E-state index contributed by atoms with van der Waals surface area (Å²) in [7, 11) is 0. The largest absolute Gasteiger partial charge is 0.465 e. The first-order chi connectivity index (χ1) is 34.0. The van der Waals surface area contributed by atoms with E-state index in [1.807, 2.05) is 0 Å². The van der Waals surface area contributed by atoms with Gasteiger partial charge in [-0.3, -0.25) is 4.79 Å². The molecule has 414 valence electrons. The first kappa shape index (κ1) is 68.3. The zero-order valence-corrected chi connectivity index (χ0v) is 47.7. The molecule has 2 N–H and O–H groups in total. The van der Waals surface area contributed by atoms with Crippen molar-refractivity contribution < 1.29 is 24.5 Å². The van der Waals surface area contributed by atoms with Gasteiger partial charge in [0.15, 0.2) is 6.29 Å². The molecule has 6 heteroatoms. The molecule has 3 atom stereocenters. The number of rotatable bonds is 60. The number of hydrogen-bond acceptors (Lipinski definition) is 6. The van der Waals surface area contributed by atoms with Crippen LogP contribution in [-0.2, 0) is 14.3 Å². The van der Waals surface area contributed by atoms with E-state index in [1.165, 1.54) is 231 Å². The molecule has 0 spiro atoms. The van der Waals surface area contributed by atoms with Gasteiger partial charge >= 0.3 is 5.97 Å². The van der Waals surface area contributed by atoms with Crippen LogP contribution in [0.4, 0.5) is 0 Å². The first-order valence-corrected chi connectivity index (χ1v) is 31.8. The highest BCUT2D eigenvalue weighted by molar-refractivity contribution is 5.72. The molecule has 0 aromatic rings.